The minimum atomic E-state index is -4.54. The highest BCUT2D eigenvalue weighted by atomic mass is 19.4. The summed E-state index contributed by atoms with van der Waals surface area (Å²) in [6, 6.07) is 2.73. The van der Waals surface area contributed by atoms with Crippen molar-refractivity contribution in [2.75, 3.05) is 13.1 Å². The fourth-order valence-corrected chi connectivity index (χ4v) is 2.32. The van der Waals surface area contributed by atoms with Gasteiger partial charge < -0.3 is 10.2 Å². The van der Waals surface area contributed by atoms with Gasteiger partial charge in [-0.3, -0.25) is 9.59 Å². The van der Waals surface area contributed by atoms with Gasteiger partial charge in [0.15, 0.2) is 0 Å². The largest absolute Gasteiger partial charge is 0.406 e. The molecule has 1 aliphatic heterocycles. The number of amides is 2. The van der Waals surface area contributed by atoms with Gasteiger partial charge in [0.25, 0.3) is 0 Å². The summed E-state index contributed by atoms with van der Waals surface area (Å²) in [5, 5.41) is 2.31. The molecule has 0 saturated carbocycles. The Morgan fingerprint density at radius 2 is 2.00 bits per heavy atom. The van der Waals surface area contributed by atoms with E-state index >= 15 is 0 Å². The summed E-state index contributed by atoms with van der Waals surface area (Å²) in [4.78, 5) is 23.9. The van der Waals surface area contributed by atoms with Crippen molar-refractivity contribution in [1.82, 2.24) is 10.2 Å². The highest BCUT2D eigenvalue weighted by molar-refractivity contribution is 5.89. The summed E-state index contributed by atoms with van der Waals surface area (Å²) in [7, 11) is 0. The van der Waals surface area contributed by atoms with Crippen LogP contribution in [0.1, 0.15) is 12.0 Å². The molecule has 0 aliphatic carbocycles. The molecule has 0 radical (unpaired) electrons. The third-order valence-electron chi connectivity index (χ3n) is 3.42. The minimum absolute atomic E-state index is 0.0881. The zero-order valence-electron chi connectivity index (χ0n) is 11.8. The number of halogens is 5. The predicted octanol–water partition coefficient (Wildman–Crippen LogP) is 1.99. The lowest BCUT2D eigenvalue weighted by Gasteiger charge is -2.18. The standard InChI is InChI=1S/C14H13F5N2O2/c15-10-1-2-11(16)8(3-10)5-20-13(23)9-4-12(22)21(6-9)7-14(17,18)19/h1-3,9H,4-7H2,(H,20,23)/t9-/m0/s1. The number of rotatable bonds is 4. The van der Waals surface area contributed by atoms with E-state index < -0.39 is 42.1 Å². The number of carbonyl (C=O) groups excluding carboxylic acids is 2. The zero-order valence-corrected chi connectivity index (χ0v) is 11.8. The Kier molecular flexibility index (Phi) is 4.86. The second kappa shape index (κ2) is 6.51. The lowest BCUT2D eigenvalue weighted by atomic mass is 10.1. The van der Waals surface area contributed by atoms with E-state index in [0.29, 0.717) is 4.90 Å². The minimum Gasteiger partial charge on any atom is -0.352 e. The van der Waals surface area contributed by atoms with E-state index in [9.17, 15) is 31.5 Å². The summed E-state index contributed by atoms with van der Waals surface area (Å²) in [6.07, 6.45) is -4.88. The SMILES string of the molecule is O=C(NCc1cc(F)ccc1F)[C@H]1CC(=O)N(CC(F)(F)F)C1. The first-order valence-corrected chi connectivity index (χ1v) is 6.72. The van der Waals surface area contributed by atoms with Crippen LogP contribution >= 0.6 is 0 Å². The Bertz CT molecular complexity index is 618. The molecule has 1 heterocycles. The molecule has 2 amide bonds. The number of nitrogens with one attached hydrogen (secondary N) is 1. The van der Waals surface area contributed by atoms with Crippen LogP contribution in [-0.2, 0) is 16.1 Å². The van der Waals surface area contributed by atoms with Gasteiger partial charge in [-0.15, -0.1) is 0 Å². The van der Waals surface area contributed by atoms with Crippen LogP contribution in [0, 0.1) is 17.6 Å². The predicted molar refractivity (Wildman–Crippen MR) is 68.9 cm³/mol. The van der Waals surface area contributed by atoms with Crippen LogP contribution < -0.4 is 5.32 Å². The number of nitrogens with zero attached hydrogens (tertiary/aromatic N) is 1. The summed E-state index contributed by atoms with van der Waals surface area (Å²) in [5.74, 6) is -3.77. The molecule has 1 N–H and O–H groups in total. The third-order valence-corrected chi connectivity index (χ3v) is 3.42. The average molecular weight is 336 g/mol. The lowest BCUT2D eigenvalue weighted by molar-refractivity contribution is -0.157. The third kappa shape index (κ3) is 4.64. The molecule has 4 nitrogen and oxygen atoms in total. The molecule has 0 aromatic heterocycles. The van der Waals surface area contributed by atoms with E-state index in [1.165, 1.54) is 0 Å². The van der Waals surface area contributed by atoms with E-state index in [1.54, 1.807) is 0 Å². The van der Waals surface area contributed by atoms with Gasteiger partial charge in [0.2, 0.25) is 11.8 Å². The van der Waals surface area contributed by atoms with Crippen molar-refractivity contribution in [2.24, 2.45) is 5.92 Å². The Hall–Kier alpha value is -2.19. The first-order valence-electron chi connectivity index (χ1n) is 6.72. The lowest BCUT2D eigenvalue weighted by Crippen LogP contribution is -2.37. The molecule has 1 aliphatic rings. The van der Waals surface area contributed by atoms with Crippen LogP contribution in [0.5, 0.6) is 0 Å². The average Bonchev–Trinajstić information content (AvgIpc) is 2.79. The van der Waals surface area contributed by atoms with Crippen molar-refractivity contribution in [3.63, 3.8) is 0 Å². The summed E-state index contributed by atoms with van der Waals surface area (Å²) < 4.78 is 63.3. The van der Waals surface area contributed by atoms with E-state index in [4.69, 9.17) is 0 Å². The van der Waals surface area contributed by atoms with Crippen molar-refractivity contribution < 1.29 is 31.5 Å². The number of benzene rings is 1. The van der Waals surface area contributed by atoms with Crippen LogP contribution in [0.4, 0.5) is 22.0 Å². The van der Waals surface area contributed by atoms with Crippen LogP contribution in [0.3, 0.4) is 0 Å². The van der Waals surface area contributed by atoms with Crippen molar-refractivity contribution in [1.29, 1.82) is 0 Å². The quantitative estimate of drug-likeness (QED) is 0.855. The molecule has 126 valence electrons. The van der Waals surface area contributed by atoms with Crippen molar-refractivity contribution in [3.8, 4) is 0 Å². The Morgan fingerprint density at radius 1 is 1.30 bits per heavy atom. The first kappa shape index (κ1) is 17.2. The maximum atomic E-state index is 13.4. The molecule has 9 heteroatoms. The number of hydrogen-bond donors (Lipinski definition) is 1. The van der Waals surface area contributed by atoms with Crippen LogP contribution in [0.25, 0.3) is 0 Å². The fourth-order valence-electron chi connectivity index (χ4n) is 2.32. The van der Waals surface area contributed by atoms with Gasteiger partial charge >= 0.3 is 6.18 Å². The number of likely N-dealkylation sites (tertiary alicyclic amines) is 1. The summed E-state index contributed by atoms with van der Waals surface area (Å²) in [6.45, 7) is -2.07. The molecule has 1 aromatic rings. The number of hydrogen-bond acceptors (Lipinski definition) is 2. The number of carbonyl (C=O) groups is 2. The zero-order chi connectivity index (χ0) is 17.2. The Balaban J connectivity index is 1.92. The van der Waals surface area contributed by atoms with Crippen molar-refractivity contribution >= 4 is 11.8 Å². The highest BCUT2D eigenvalue weighted by Crippen LogP contribution is 2.24. The molecule has 1 atom stereocenters. The number of alkyl halides is 3. The van der Waals surface area contributed by atoms with E-state index in [-0.39, 0.29) is 25.1 Å². The van der Waals surface area contributed by atoms with Gasteiger partial charge in [0.1, 0.15) is 18.2 Å². The molecule has 0 spiro atoms. The molecule has 1 fully saturated rings. The van der Waals surface area contributed by atoms with E-state index in [1.807, 2.05) is 0 Å². The van der Waals surface area contributed by atoms with Gasteiger partial charge in [0.05, 0.1) is 5.92 Å². The van der Waals surface area contributed by atoms with Crippen molar-refractivity contribution in [3.05, 3.63) is 35.4 Å². The Labute approximate surface area is 128 Å². The molecule has 0 unspecified atom stereocenters. The highest BCUT2D eigenvalue weighted by Gasteiger charge is 2.40. The fraction of sp³-hybridized carbons (Fsp3) is 0.429. The molecule has 1 saturated heterocycles. The van der Waals surface area contributed by atoms with Gasteiger partial charge in [0, 0.05) is 25.1 Å². The van der Waals surface area contributed by atoms with E-state index in [0.717, 1.165) is 18.2 Å². The second-order valence-corrected chi connectivity index (χ2v) is 5.24. The topological polar surface area (TPSA) is 49.4 Å². The molecule has 1 aromatic carbocycles. The summed E-state index contributed by atoms with van der Waals surface area (Å²) in [5.41, 5.74) is -0.0881. The van der Waals surface area contributed by atoms with Gasteiger partial charge in [-0.05, 0) is 18.2 Å². The van der Waals surface area contributed by atoms with Gasteiger partial charge in [-0.1, -0.05) is 0 Å². The van der Waals surface area contributed by atoms with Crippen LogP contribution in [0.2, 0.25) is 0 Å². The monoisotopic (exact) mass is 336 g/mol. The second-order valence-electron chi connectivity index (χ2n) is 5.24. The molecular formula is C14H13F5N2O2. The normalized spacial score (nSPS) is 18.4. The van der Waals surface area contributed by atoms with Crippen LogP contribution in [0.15, 0.2) is 18.2 Å². The van der Waals surface area contributed by atoms with Gasteiger partial charge in [-0.2, -0.15) is 13.2 Å². The molecule has 2 rings (SSSR count). The van der Waals surface area contributed by atoms with Crippen LogP contribution in [-0.4, -0.2) is 36.0 Å². The van der Waals surface area contributed by atoms with Gasteiger partial charge in [-0.25, -0.2) is 8.78 Å². The molecule has 23 heavy (non-hydrogen) atoms. The maximum absolute atomic E-state index is 13.4. The van der Waals surface area contributed by atoms with Crippen molar-refractivity contribution in [2.45, 2.75) is 19.1 Å². The van der Waals surface area contributed by atoms with E-state index in [2.05, 4.69) is 5.32 Å². The summed E-state index contributed by atoms with van der Waals surface area (Å²) >= 11 is 0. The molecule has 0 bridgehead atoms. The Morgan fingerprint density at radius 3 is 2.65 bits per heavy atom. The molecular weight excluding hydrogens is 323 g/mol. The smallest absolute Gasteiger partial charge is 0.352 e. The first-order chi connectivity index (χ1) is 10.7. The maximum Gasteiger partial charge on any atom is 0.406 e.